The predicted octanol–water partition coefficient (Wildman–Crippen LogP) is 2.82. The quantitative estimate of drug-likeness (QED) is 0.394. The van der Waals surface area contributed by atoms with Crippen molar-refractivity contribution in [2.24, 2.45) is 5.16 Å². The summed E-state index contributed by atoms with van der Waals surface area (Å²) < 4.78 is 5.48. The van der Waals surface area contributed by atoms with E-state index in [0.717, 1.165) is 25.7 Å². The second-order valence-electron chi connectivity index (χ2n) is 3.38. The smallest absolute Gasteiger partial charge is 0.109 e. The molecule has 0 aromatic heterocycles. The van der Waals surface area contributed by atoms with Gasteiger partial charge in [0.1, 0.15) is 5.60 Å². The van der Waals surface area contributed by atoms with Crippen molar-refractivity contribution in [3.8, 4) is 0 Å². The second-order valence-corrected chi connectivity index (χ2v) is 3.38. The van der Waals surface area contributed by atoms with Crippen molar-refractivity contribution in [1.29, 1.82) is 0 Å². The van der Waals surface area contributed by atoms with E-state index in [4.69, 9.17) is 9.94 Å². The molecule has 0 atom stereocenters. The molecule has 1 N–H and O–H groups in total. The SMILES string of the molecule is CCCC(CCC)(OC)/C(C)=N/O. The number of methoxy groups -OCH3 is 1. The van der Waals surface area contributed by atoms with Gasteiger partial charge in [0.25, 0.3) is 0 Å². The van der Waals surface area contributed by atoms with E-state index < -0.39 is 0 Å². The minimum Gasteiger partial charge on any atom is -0.411 e. The predicted molar refractivity (Wildman–Crippen MR) is 54.5 cm³/mol. The van der Waals surface area contributed by atoms with Gasteiger partial charge in [0.15, 0.2) is 0 Å². The number of hydrogen-bond acceptors (Lipinski definition) is 3. The number of rotatable bonds is 6. The summed E-state index contributed by atoms with van der Waals surface area (Å²) >= 11 is 0. The Hall–Kier alpha value is -0.570. The standard InChI is InChI=1S/C10H21NO2/c1-5-7-10(13-4,8-6-2)9(3)11-12/h12H,5-8H2,1-4H3/b11-9+. The summed E-state index contributed by atoms with van der Waals surface area (Å²) in [6.45, 7) is 6.02. The lowest BCUT2D eigenvalue weighted by molar-refractivity contribution is 0.0310. The van der Waals surface area contributed by atoms with E-state index in [1.807, 2.05) is 6.92 Å². The molecule has 0 bridgehead atoms. The van der Waals surface area contributed by atoms with Crippen molar-refractivity contribution >= 4 is 5.71 Å². The zero-order chi connectivity index (χ0) is 10.3. The van der Waals surface area contributed by atoms with E-state index >= 15 is 0 Å². The molecule has 3 heteroatoms. The van der Waals surface area contributed by atoms with E-state index in [0.29, 0.717) is 5.71 Å². The average Bonchev–Trinajstić information content (AvgIpc) is 2.16. The highest BCUT2D eigenvalue weighted by molar-refractivity contribution is 5.89. The van der Waals surface area contributed by atoms with Crippen molar-refractivity contribution in [2.45, 2.75) is 52.1 Å². The van der Waals surface area contributed by atoms with E-state index in [1.54, 1.807) is 7.11 Å². The first-order valence-corrected chi connectivity index (χ1v) is 4.91. The third-order valence-corrected chi connectivity index (χ3v) is 2.51. The zero-order valence-corrected chi connectivity index (χ0v) is 9.13. The molecule has 0 amide bonds. The highest BCUT2D eigenvalue weighted by atomic mass is 16.5. The Labute approximate surface area is 80.8 Å². The van der Waals surface area contributed by atoms with Crippen molar-refractivity contribution in [3.05, 3.63) is 0 Å². The molecule has 0 aliphatic rings. The van der Waals surface area contributed by atoms with Crippen LogP contribution in [0.2, 0.25) is 0 Å². The summed E-state index contributed by atoms with van der Waals surface area (Å²) in [4.78, 5) is 0. The summed E-state index contributed by atoms with van der Waals surface area (Å²) in [5, 5.41) is 12.0. The van der Waals surface area contributed by atoms with Crippen LogP contribution in [0.15, 0.2) is 5.16 Å². The first-order valence-electron chi connectivity index (χ1n) is 4.91. The first-order chi connectivity index (χ1) is 6.16. The fourth-order valence-corrected chi connectivity index (χ4v) is 1.74. The van der Waals surface area contributed by atoms with Gasteiger partial charge in [0.05, 0.1) is 5.71 Å². The number of nitrogens with zero attached hydrogens (tertiary/aromatic N) is 1. The molecule has 0 aliphatic heterocycles. The molecule has 0 saturated heterocycles. The van der Waals surface area contributed by atoms with Crippen LogP contribution in [0.1, 0.15) is 46.5 Å². The van der Waals surface area contributed by atoms with Crippen LogP contribution >= 0.6 is 0 Å². The highest BCUT2D eigenvalue weighted by Gasteiger charge is 2.31. The van der Waals surface area contributed by atoms with Gasteiger partial charge in [0, 0.05) is 7.11 Å². The molecule has 0 aromatic carbocycles. The van der Waals surface area contributed by atoms with E-state index in [9.17, 15) is 0 Å². The van der Waals surface area contributed by atoms with Gasteiger partial charge < -0.3 is 9.94 Å². The zero-order valence-electron chi connectivity index (χ0n) is 9.13. The molecule has 0 heterocycles. The van der Waals surface area contributed by atoms with E-state index in [-0.39, 0.29) is 5.60 Å². The van der Waals surface area contributed by atoms with Crippen molar-refractivity contribution < 1.29 is 9.94 Å². The van der Waals surface area contributed by atoms with Crippen LogP contribution in [-0.2, 0) is 4.74 Å². The van der Waals surface area contributed by atoms with Crippen molar-refractivity contribution in [1.82, 2.24) is 0 Å². The molecule has 3 nitrogen and oxygen atoms in total. The molecular weight excluding hydrogens is 166 g/mol. The number of hydrogen-bond donors (Lipinski definition) is 1. The summed E-state index contributed by atoms with van der Waals surface area (Å²) in [5.74, 6) is 0. The van der Waals surface area contributed by atoms with Gasteiger partial charge >= 0.3 is 0 Å². The van der Waals surface area contributed by atoms with E-state index in [2.05, 4.69) is 19.0 Å². The monoisotopic (exact) mass is 187 g/mol. The third-order valence-electron chi connectivity index (χ3n) is 2.51. The minimum atomic E-state index is -0.349. The maximum Gasteiger partial charge on any atom is 0.109 e. The maximum atomic E-state index is 8.76. The highest BCUT2D eigenvalue weighted by Crippen LogP contribution is 2.25. The molecule has 0 radical (unpaired) electrons. The molecule has 0 aliphatic carbocycles. The van der Waals surface area contributed by atoms with Crippen LogP contribution in [0.25, 0.3) is 0 Å². The minimum absolute atomic E-state index is 0.349. The normalized spacial score (nSPS) is 13.4. The van der Waals surface area contributed by atoms with Crippen LogP contribution in [0.3, 0.4) is 0 Å². The summed E-state index contributed by atoms with van der Waals surface area (Å²) in [6.07, 6.45) is 3.88. The Morgan fingerprint density at radius 1 is 1.31 bits per heavy atom. The summed E-state index contributed by atoms with van der Waals surface area (Å²) in [7, 11) is 1.68. The van der Waals surface area contributed by atoms with Crippen LogP contribution < -0.4 is 0 Å². The van der Waals surface area contributed by atoms with Crippen LogP contribution in [-0.4, -0.2) is 23.6 Å². The third kappa shape index (κ3) is 2.99. The van der Waals surface area contributed by atoms with Gasteiger partial charge in [-0.25, -0.2) is 0 Å². The molecule has 0 aromatic rings. The van der Waals surface area contributed by atoms with Crippen LogP contribution in [0.4, 0.5) is 0 Å². The van der Waals surface area contributed by atoms with Gasteiger partial charge in [-0.05, 0) is 19.8 Å². The lowest BCUT2D eigenvalue weighted by Crippen LogP contribution is -2.39. The molecule has 0 spiro atoms. The Kier molecular flexibility index (Phi) is 5.71. The molecule has 0 saturated carbocycles. The number of ether oxygens (including phenoxy) is 1. The van der Waals surface area contributed by atoms with Crippen LogP contribution in [0, 0.1) is 0 Å². The molecule has 13 heavy (non-hydrogen) atoms. The van der Waals surface area contributed by atoms with Gasteiger partial charge in [-0.1, -0.05) is 31.8 Å². The maximum absolute atomic E-state index is 8.76. The fraction of sp³-hybridized carbons (Fsp3) is 0.900. The van der Waals surface area contributed by atoms with E-state index in [1.165, 1.54) is 0 Å². The Morgan fingerprint density at radius 3 is 2.00 bits per heavy atom. The molecule has 0 unspecified atom stereocenters. The number of oxime groups is 1. The lowest BCUT2D eigenvalue weighted by Gasteiger charge is -2.31. The lowest BCUT2D eigenvalue weighted by atomic mass is 9.88. The van der Waals surface area contributed by atoms with Crippen molar-refractivity contribution in [2.75, 3.05) is 7.11 Å². The van der Waals surface area contributed by atoms with Crippen molar-refractivity contribution in [3.63, 3.8) is 0 Å². The Morgan fingerprint density at radius 2 is 1.77 bits per heavy atom. The Bertz CT molecular complexity index is 160. The first kappa shape index (κ1) is 12.4. The average molecular weight is 187 g/mol. The van der Waals surface area contributed by atoms with Crippen LogP contribution in [0.5, 0.6) is 0 Å². The van der Waals surface area contributed by atoms with Gasteiger partial charge in [-0.15, -0.1) is 0 Å². The topological polar surface area (TPSA) is 41.8 Å². The van der Waals surface area contributed by atoms with Gasteiger partial charge in [-0.3, -0.25) is 0 Å². The second kappa shape index (κ2) is 5.97. The van der Waals surface area contributed by atoms with Gasteiger partial charge in [-0.2, -0.15) is 0 Å². The fourth-order valence-electron chi connectivity index (χ4n) is 1.74. The molecule has 0 rings (SSSR count). The molecular formula is C10H21NO2. The molecule has 0 fully saturated rings. The summed E-state index contributed by atoms with van der Waals surface area (Å²) in [5.41, 5.74) is 0.330. The largest absolute Gasteiger partial charge is 0.411 e. The molecule has 78 valence electrons. The van der Waals surface area contributed by atoms with Gasteiger partial charge in [0.2, 0.25) is 0 Å². The Balaban J connectivity index is 4.63. The summed E-state index contributed by atoms with van der Waals surface area (Å²) in [6, 6.07) is 0.